The fourth-order valence-electron chi connectivity index (χ4n) is 2.00. The van der Waals surface area contributed by atoms with Gasteiger partial charge in [-0.15, -0.1) is 0 Å². The number of benzene rings is 1. The molecule has 0 atom stereocenters. The topological polar surface area (TPSA) is 34.1 Å². The van der Waals surface area contributed by atoms with Gasteiger partial charge in [-0.25, -0.2) is 4.98 Å². The van der Waals surface area contributed by atoms with Crippen LogP contribution in [0.25, 0.3) is 0 Å². The normalized spacial score (nSPS) is 10.4. The van der Waals surface area contributed by atoms with Gasteiger partial charge in [0.2, 0.25) is 0 Å². The highest BCUT2D eigenvalue weighted by Crippen LogP contribution is 2.24. The number of anilines is 1. The molecule has 0 saturated heterocycles. The Morgan fingerprint density at radius 2 is 1.80 bits per heavy atom. The molecular formula is C16H19BrN2O. The van der Waals surface area contributed by atoms with Crippen LogP contribution in [0.15, 0.2) is 28.9 Å². The monoisotopic (exact) mass is 334 g/mol. The molecular weight excluding hydrogens is 316 g/mol. The highest BCUT2D eigenvalue weighted by molar-refractivity contribution is 9.10. The molecule has 0 spiro atoms. The summed E-state index contributed by atoms with van der Waals surface area (Å²) in [6.45, 7) is 6.95. The zero-order chi connectivity index (χ0) is 14.7. The van der Waals surface area contributed by atoms with Crippen LogP contribution in [0.1, 0.15) is 22.3 Å². The quantitative estimate of drug-likeness (QED) is 0.900. The third kappa shape index (κ3) is 3.31. The molecule has 2 aromatic rings. The number of nitrogens with zero attached hydrogens (tertiary/aromatic N) is 1. The summed E-state index contributed by atoms with van der Waals surface area (Å²) in [7, 11) is 1.70. The summed E-state index contributed by atoms with van der Waals surface area (Å²) in [6.07, 6.45) is 1.81. The average molecular weight is 335 g/mol. The first-order valence-corrected chi connectivity index (χ1v) is 7.30. The van der Waals surface area contributed by atoms with Gasteiger partial charge in [0.05, 0.1) is 7.11 Å². The van der Waals surface area contributed by atoms with Crippen molar-refractivity contribution in [2.75, 3.05) is 12.4 Å². The number of rotatable bonds is 4. The maximum atomic E-state index is 5.44. The molecule has 0 fully saturated rings. The van der Waals surface area contributed by atoms with Gasteiger partial charge < -0.3 is 10.1 Å². The first-order chi connectivity index (χ1) is 9.51. The van der Waals surface area contributed by atoms with Crippen molar-refractivity contribution < 1.29 is 4.74 Å². The Balaban J connectivity index is 2.18. The minimum atomic E-state index is 0.693. The SMILES string of the molecule is COc1cc(C)c(C)cc1CNc1cc(C)c(Br)cn1. The van der Waals surface area contributed by atoms with E-state index in [2.05, 4.69) is 52.2 Å². The summed E-state index contributed by atoms with van der Waals surface area (Å²) in [5, 5.41) is 3.34. The molecule has 0 aliphatic carbocycles. The summed E-state index contributed by atoms with van der Waals surface area (Å²) in [6, 6.07) is 6.26. The summed E-state index contributed by atoms with van der Waals surface area (Å²) >= 11 is 3.46. The van der Waals surface area contributed by atoms with Crippen LogP contribution in [0, 0.1) is 20.8 Å². The Hall–Kier alpha value is -1.55. The van der Waals surface area contributed by atoms with Gasteiger partial charge in [-0.3, -0.25) is 0 Å². The molecule has 0 radical (unpaired) electrons. The van der Waals surface area contributed by atoms with E-state index in [1.165, 1.54) is 11.1 Å². The standard InChI is InChI=1S/C16H19BrN2O/c1-10-5-13(15(20-4)6-11(10)2)8-18-16-7-12(3)14(17)9-19-16/h5-7,9H,8H2,1-4H3,(H,18,19). The van der Waals surface area contributed by atoms with Crippen molar-refractivity contribution in [3.8, 4) is 5.75 Å². The molecule has 0 aliphatic rings. The zero-order valence-corrected chi connectivity index (χ0v) is 13.8. The fourth-order valence-corrected chi connectivity index (χ4v) is 2.22. The Morgan fingerprint density at radius 1 is 1.10 bits per heavy atom. The molecule has 1 N–H and O–H groups in total. The van der Waals surface area contributed by atoms with Crippen molar-refractivity contribution in [3.05, 3.63) is 51.1 Å². The number of aryl methyl sites for hydroxylation is 3. The second-order valence-electron chi connectivity index (χ2n) is 4.92. The maximum absolute atomic E-state index is 5.44. The van der Waals surface area contributed by atoms with Gasteiger partial charge in [-0.1, -0.05) is 6.07 Å². The first kappa shape index (κ1) is 14.9. The second-order valence-corrected chi connectivity index (χ2v) is 5.77. The number of methoxy groups -OCH3 is 1. The van der Waals surface area contributed by atoms with Crippen LogP contribution in [0.3, 0.4) is 0 Å². The zero-order valence-electron chi connectivity index (χ0n) is 12.2. The van der Waals surface area contributed by atoms with Gasteiger partial charge in [0.25, 0.3) is 0 Å². The number of pyridine rings is 1. The van der Waals surface area contributed by atoms with E-state index in [4.69, 9.17) is 4.74 Å². The molecule has 3 nitrogen and oxygen atoms in total. The fraction of sp³-hybridized carbons (Fsp3) is 0.312. The van der Waals surface area contributed by atoms with E-state index in [0.29, 0.717) is 6.54 Å². The number of ether oxygens (including phenoxy) is 1. The van der Waals surface area contributed by atoms with E-state index in [1.807, 2.05) is 19.2 Å². The Bertz CT molecular complexity index is 626. The van der Waals surface area contributed by atoms with E-state index in [0.717, 1.165) is 27.2 Å². The molecule has 1 aromatic carbocycles. The molecule has 0 aliphatic heterocycles. The molecule has 2 rings (SSSR count). The molecule has 0 saturated carbocycles. The predicted octanol–water partition coefficient (Wildman–Crippen LogP) is 4.39. The smallest absolute Gasteiger partial charge is 0.126 e. The Kier molecular flexibility index (Phi) is 4.65. The van der Waals surface area contributed by atoms with Gasteiger partial charge in [0.1, 0.15) is 11.6 Å². The van der Waals surface area contributed by atoms with Crippen LogP contribution < -0.4 is 10.1 Å². The molecule has 0 bridgehead atoms. The highest BCUT2D eigenvalue weighted by Gasteiger charge is 2.06. The number of hydrogen-bond donors (Lipinski definition) is 1. The number of nitrogens with one attached hydrogen (secondary N) is 1. The Morgan fingerprint density at radius 3 is 2.45 bits per heavy atom. The van der Waals surface area contributed by atoms with Crippen molar-refractivity contribution in [2.24, 2.45) is 0 Å². The summed E-state index contributed by atoms with van der Waals surface area (Å²) in [4.78, 5) is 4.35. The number of aromatic nitrogens is 1. The van der Waals surface area contributed by atoms with Crippen molar-refractivity contribution in [1.82, 2.24) is 4.98 Å². The highest BCUT2D eigenvalue weighted by atomic mass is 79.9. The minimum absolute atomic E-state index is 0.693. The lowest BCUT2D eigenvalue weighted by molar-refractivity contribution is 0.410. The summed E-state index contributed by atoms with van der Waals surface area (Å²) in [5.41, 5.74) is 4.80. The lowest BCUT2D eigenvalue weighted by Gasteiger charge is -2.13. The Labute approximate surface area is 128 Å². The minimum Gasteiger partial charge on any atom is -0.496 e. The number of halogens is 1. The van der Waals surface area contributed by atoms with E-state index < -0.39 is 0 Å². The van der Waals surface area contributed by atoms with Crippen LogP contribution in [0.5, 0.6) is 5.75 Å². The summed E-state index contributed by atoms with van der Waals surface area (Å²) < 4.78 is 6.46. The van der Waals surface area contributed by atoms with Gasteiger partial charge in [0.15, 0.2) is 0 Å². The van der Waals surface area contributed by atoms with Crippen molar-refractivity contribution in [3.63, 3.8) is 0 Å². The van der Waals surface area contributed by atoms with Gasteiger partial charge in [-0.2, -0.15) is 0 Å². The summed E-state index contributed by atoms with van der Waals surface area (Å²) in [5.74, 6) is 1.78. The lowest BCUT2D eigenvalue weighted by atomic mass is 10.0. The third-order valence-electron chi connectivity index (χ3n) is 3.40. The van der Waals surface area contributed by atoms with Gasteiger partial charge in [0, 0.05) is 22.8 Å². The molecule has 1 aromatic heterocycles. The van der Waals surface area contributed by atoms with Crippen LogP contribution in [-0.4, -0.2) is 12.1 Å². The molecule has 4 heteroatoms. The molecule has 1 heterocycles. The molecule has 0 unspecified atom stereocenters. The van der Waals surface area contributed by atoms with E-state index >= 15 is 0 Å². The third-order valence-corrected chi connectivity index (χ3v) is 4.23. The maximum Gasteiger partial charge on any atom is 0.126 e. The van der Waals surface area contributed by atoms with Crippen LogP contribution in [-0.2, 0) is 6.54 Å². The van der Waals surface area contributed by atoms with E-state index in [1.54, 1.807) is 7.11 Å². The molecule has 0 amide bonds. The first-order valence-electron chi connectivity index (χ1n) is 6.51. The number of hydrogen-bond acceptors (Lipinski definition) is 3. The molecule has 106 valence electrons. The lowest BCUT2D eigenvalue weighted by Crippen LogP contribution is -2.04. The predicted molar refractivity (Wildman–Crippen MR) is 86.5 cm³/mol. The average Bonchev–Trinajstić information content (AvgIpc) is 2.43. The van der Waals surface area contributed by atoms with Crippen LogP contribution in [0.4, 0.5) is 5.82 Å². The molecule has 20 heavy (non-hydrogen) atoms. The van der Waals surface area contributed by atoms with E-state index in [9.17, 15) is 0 Å². The van der Waals surface area contributed by atoms with Crippen LogP contribution >= 0.6 is 15.9 Å². The van der Waals surface area contributed by atoms with Crippen LogP contribution in [0.2, 0.25) is 0 Å². The van der Waals surface area contributed by atoms with E-state index in [-0.39, 0.29) is 0 Å². The van der Waals surface area contributed by atoms with Gasteiger partial charge >= 0.3 is 0 Å². The van der Waals surface area contributed by atoms with Crippen molar-refractivity contribution in [1.29, 1.82) is 0 Å². The second kappa shape index (κ2) is 6.27. The largest absolute Gasteiger partial charge is 0.496 e. The van der Waals surface area contributed by atoms with Crippen molar-refractivity contribution in [2.45, 2.75) is 27.3 Å². The van der Waals surface area contributed by atoms with Crippen molar-refractivity contribution >= 4 is 21.7 Å². The van der Waals surface area contributed by atoms with Gasteiger partial charge in [-0.05, 0) is 65.5 Å².